The first-order chi connectivity index (χ1) is 9.04. The quantitative estimate of drug-likeness (QED) is 0.921. The van der Waals surface area contributed by atoms with Gasteiger partial charge in [-0.25, -0.2) is 9.18 Å². The summed E-state index contributed by atoms with van der Waals surface area (Å²) >= 11 is 0. The third kappa shape index (κ3) is 2.50. The summed E-state index contributed by atoms with van der Waals surface area (Å²) < 4.78 is 15.2. The summed E-state index contributed by atoms with van der Waals surface area (Å²) in [5, 5.41) is 13.4. The van der Waals surface area contributed by atoms with Gasteiger partial charge in [0.2, 0.25) is 0 Å². The van der Waals surface area contributed by atoms with Crippen molar-refractivity contribution in [2.45, 2.75) is 26.8 Å². The first-order valence-corrected chi connectivity index (χ1v) is 6.10. The van der Waals surface area contributed by atoms with Gasteiger partial charge in [-0.15, -0.1) is 0 Å². The van der Waals surface area contributed by atoms with E-state index in [0.717, 1.165) is 24.7 Å². The smallest absolute Gasteiger partial charge is 0.336 e. The number of nitrogens with zero attached hydrogens (tertiary/aromatic N) is 2. The number of carbonyl (C=O) groups is 1. The SMILES string of the molecule is CCCn1ncc(-c2cc(F)ccc2C(=O)O)c1C. The Morgan fingerprint density at radius 3 is 2.79 bits per heavy atom. The minimum absolute atomic E-state index is 0.0838. The second-order valence-corrected chi connectivity index (χ2v) is 4.36. The van der Waals surface area contributed by atoms with E-state index in [4.69, 9.17) is 5.11 Å². The van der Waals surface area contributed by atoms with Crippen LogP contribution in [0, 0.1) is 12.7 Å². The summed E-state index contributed by atoms with van der Waals surface area (Å²) in [6.07, 6.45) is 2.52. The summed E-state index contributed by atoms with van der Waals surface area (Å²) in [4.78, 5) is 11.2. The van der Waals surface area contributed by atoms with E-state index in [1.54, 1.807) is 10.9 Å². The number of carboxylic acids is 1. The fourth-order valence-electron chi connectivity index (χ4n) is 2.07. The zero-order valence-electron chi connectivity index (χ0n) is 10.9. The van der Waals surface area contributed by atoms with Gasteiger partial charge in [0.1, 0.15) is 5.82 Å². The molecule has 0 aliphatic heterocycles. The lowest BCUT2D eigenvalue weighted by molar-refractivity contribution is 0.0697. The fourth-order valence-corrected chi connectivity index (χ4v) is 2.07. The van der Waals surface area contributed by atoms with Gasteiger partial charge >= 0.3 is 5.97 Å². The Labute approximate surface area is 110 Å². The molecule has 0 bridgehead atoms. The van der Waals surface area contributed by atoms with E-state index in [0.29, 0.717) is 11.1 Å². The van der Waals surface area contributed by atoms with Crippen molar-refractivity contribution in [1.82, 2.24) is 9.78 Å². The van der Waals surface area contributed by atoms with Crippen molar-refractivity contribution < 1.29 is 14.3 Å². The molecule has 0 atom stereocenters. The van der Waals surface area contributed by atoms with Gasteiger partial charge in [-0.3, -0.25) is 4.68 Å². The van der Waals surface area contributed by atoms with Gasteiger partial charge in [-0.05, 0) is 31.5 Å². The number of benzene rings is 1. The number of halogens is 1. The molecule has 4 nitrogen and oxygen atoms in total. The molecule has 0 unspecified atom stereocenters. The number of rotatable bonds is 4. The van der Waals surface area contributed by atoms with Gasteiger partial charge in [0.05, 0.1) is 11.8 Å². The molecule has 0 amide bonds. The van der Waals surface area contributed by atoms with Crippen LogP contribution in [-0.2, 0) is 6.54 Å². The van der Waals surface area contributed by atoms with Crippen LogP contribution in [0.1, 0.15) is 29.4 Å². The maximum Gasteiger partial charge on any atom is 0.336 e. The normalized spacial score (nSPS) is 10.7. The Bertz CT molecular complexity index is 620. The van der Waals surface area contributed by atoms with Gasteiger partial charge in [-0.2, -0.15) is 5.10 Å². The van der Waals surface area contributed by atoms with Gasteiger partial charge < -0.3 is 5.11 Å². The standard InChI is InChI=1S/C14H15FN2O2/c1-3-6-17-9(2)13(8-16-17)12-7-10(15)4-5-11(12)14(18)19/h4-5,7-8H,3,6H2,1-2H3,(H,18,19). The van der Waals surface area contributed by atoms with Crippen molar-refractivity contribution in [3.63, 3.8) is 0 Å². The Morgan fingerprint density at radius 2 is 2.16 bits per heavy atom. The molecular formula is C14H15FN2O2. The topological polar surface area (TPSA) is 55.1 Å². The van der Waals surface area contributed by atoms with Crippen molar-refractivity contribution in [3.05, 3.63) is 41.5 Å². The first-order valence-electron chi connectivity index (χ1n) is 6.10. The maximum absolute atomic E-state index is 13.4. The van der Waals surface area contributed by atoms with E-state index in [-0.39, 0.29) is 5.56 Å². The van der Waals surface area contributed by atoms with Crippen molar-refractivity contribution in [1.29, 1.82) is 0 Å². The molecule has 1 aromatic carbocycles. The highest BCUT2D eigenvalue weighted by molar-refractivity contribution is 5.96. The average Bonchev–Trinajstić information content (AvgIpc) is 2.71. The molecule has 1 N–H and O–H groups in total. The maximum atomic E-state index is 13.4. The fraction of sp³-hybridized carbons (Fsp3) is 0.286. The molecule has 0 fully saturated rings. The molecule has 19 heavy (non-hydrogen) atoms. The van der Waals surface area contributed by atoms with E-state index >= 15 is 0 Å². The zero-order valence-corrected chi connectivity index (χ0v) is 10.9. The molecule has 1 heterocycles. The van der Waals surface area contributed by atoms with Crippen LogP contribution in [0.25, 0.3) is 11.1 Å². The Balaban J connectivity index is 2.58. The van der Waals surface area contributed by atoms with Crippen LogP contribution in [-0.4, -0.2) is 20.9 Å². The van der Waals surface area contributed by atoms with E-state index in [9.17, 15) is 9.18 Å². The zero-order chi connectivity index (χ0) is 14.0. The average molecular weight is 262 g/mol. The Kier molecular flexibility index (Phi) is 3.64. The molecule has 1 aromatic heterocycles. The van der Waals surface area contributed by atoms with Gasteiger partial charge in [0.25, 0.3) is 0 Å². The number of aromatic carboxylic acids is 1. The molecule has 0 saturated carbocycles. The molecule has 0 spiro atoms. The predicted molar refractivity (Wildman–Crippen MR) is 69.6 cm³/mol. The number of carboxylic acid groups (broad SMARTS) is 1. The van der Waals surface area contributed by atoms with E-state index in [1.807, 2.05) is 13.8 Å². The largest absolute Gasteiger partial charge is 0.478 e. The summed E-state index contributed by atoms with van der Waals surface area (Å²) in [7, 11) is 0. The molecule has 0 aliphatic carbocycles. The van der Waals surface area contributed by atoms with Gasteiger partial charge in [-0.1, -0.05) is 6.92 Å². The third-order valence-corrected chi connectivity index (χ3v) is 3.04. The number of aromatic nitrogens is 2. The summed E-state index contributed by atoms with van der Waals surface area (Å²) in [6.45, 7) is 4.64. The molecule has 100 valence electrons. The van der Waals surface area contributed by atoms with E-state index in [2.05, 4.69) is 5.10 Å². The van der Waals surface area contributed by atoms with Gasteiger partial charge in [0.15, 0.2) is 0 Å². The van der Waals surface area contributed by atoms with Crippen LogP contribution in [0.5, 0.6) is 0 Å². The van der Waals surface area contributed by atoms with Crippen LogP contribution in [0.15, 0.2) is 24.4 Å². The van der Waals surface area contributed by atoms with Crippen LogP contribution >= 0.6 is 0 Å². The third-order valence-electron chi connectivity index (χ3n) is 3.04. The highest BCUT2D eigenvalue weighted by Gasteiger charge is 2.16. The van der Waals surface area contributed by atoms with Gasteiger partial charge in [0, 0.05) is 23.4 Å². The number of hydrogen-bond acceptors (Lipinski definition) is 2. The van der Waals surface area contributed by atoms with Crippen LogP contribution in [0.3, 0.4) is 0 Å². The van der Waals surface area contributed by atoms with Crippen molar-refractivity contribution in [2.75, 3.05) is 0 Å². The summed E-state index contributed by atoms with van der Waals surface area (Å²) in [6, 6.07) is 3.67. The minimum Gasteiger partial charge on any atom is -0.478 e. The molecular weight excluding hydrogens is 247 g/mol. The summed E-state index contributed by atoms with van der Waals surface area (Å²) in [5.41, 5.74) is 1.95. The number of aryl methyl sites for hydroxylation is 1. The molecule has 2 aromatic rings. The molecule has 0 radical (unpaired) electrons. The van der Waals surface area contributed by atoms with Crippen LogP contribution in [0.2, 0.25) is 0 Å². The first kappa shape index (κ1) is 13.3. The minimum atomic E-state index is -1.07. The van der Waals surface area contributed by atoms with E-state index in [1.165, 1.54) is 12.1 Å². The summed E-state index contributed by atoms with van der Waals surface area (Å²) in [5.74, 6) is -1.53. The lowest BCUT2D eigenvalue weighted by Crippen LogP contribution is -2.03. The second-order valence-electron chi connectivity index (χ2n) is 4.36. The molecule has 0 aliphatic rings. The molecule has 0 saturated heterocycles. The Morgan fingerprint density at radius 1 is 1.42 bits per heavy atom. The van der Waals surface area contributed by atoms with Crippen molar-refractivity contribution in [3.8, 4) is 11.1 Å². The number of hydrogen-bond donors (Lipinski definition) is 1. The van der Waals surface area contributed by atoms with Crippen molar-refractivity contribution >= 4 is 5.97 Å². The molecule has 5 heteroatoms. The lowest BCUT2D eigenvalue weighted by atomic mass is 10.0. The van der Waals surface area contributed by atoms with E-state index < -0.39 is 11.8 Å². The van der Waals surface area contributed by atoms with Crippen LogP contribution < -0.4 is 0 Å². The highest BCUT2D eigenvalue weighted by Crippen LogP contribution is 2.27. The van der Waals surface area contributed by atoms with Crippen LogP contribution in [0.4, 0.5) is 4.39 Å². The molecule has 2 rings (SSSR count). The second kappa shape index (κ2) is 5.22. The predicted octanol–water partition coefficient (Wildman–Crippen LogP) is 3.11. The van der Waals surface area contributed by atoms with Crippen molar-refractivity contribution in [2.24, 2.45) is 0 Å². The monoisotopic (exact) mass is 262 g/mol. The Hall–Kier alpha value is -2.17. The lowest BCUT2D eigenvalue weighted by Gasteiger charge is -2.07. The highest BCUT2D eigenvalue weighted by atomic mass is 19.1.